The van der Waals surface area contributed by atoms with Crippen LogP contribution in [-0.4, -0.2) is 0 Å². The summed E-state index contributed by atoms with van der Waals surface area (Å²) in [6.07, 6.45) is 17.7. The van der Waals surface area contributed by atoms with E-state index in [1.807, 2.05) is 0 Å². The van der Waals surface area contributed by atoms with Gasteiger partial charge >= 0.3 is 0 Å². The van der Waals surface area contributed by atoms with E-state index in [1.54, 1.807) is 5.56 Å². The summed E-state index contributed by atoms with van der Waals surface area (Å²) in [4.78, 5) is 0. The lowest BCUT2D eigenvalue weighted by molar-refractivity contribution is 0.186. The van der Waals surface area contributed by atoms with Crippen molar-refractivity contribution in [2.75, 3.05) is 0 Å². The van der Waals surface area contributed by atoms with E-state index in [1.165, 1.54) is 111 Å². The maximum absolute atomic E-state index is 2.58. The predicted molar refractivity (Wildman–Crippen MR) is 165 cm³/mol. The largest absolute Gasteiger partial charge is 0.0649 e. The number of hydrogen-bond acceptors (Lipinski definition) is 0. The molecule has 0 fully saturated rings. The zero-order valence-electron chi connectivity index (χ0n) is 27.3. The van der Waals surface area contributed by atoms with Gasteiger partial charge in [0.1, 0.15) is 0 Å². The summed E-state index contributed by atoms with van der Waals surface area (Å²) in [5.74, 6) is 0.844. The Balaban J connectivity index is 2.60. The van der Waals surface area contributed by atoms with E-state index in [-0.39, 0.29) is 0 Å². The lowest BCUT2D eigenvalue weighted by atomic mass is 9.72. The topological polar surface area (TPSA) is 0 Å². The van der Waals surface area contributed by atoms with Crippen LogP contribution in [0.2, 0.25) is 0 Å². The molecule has 0 aliphatic carbocycles. The Bertz CT molecular complexity index is 766. The quantitative estimate of drug-likeness (QED) is 0.200. The summed E-state index contributed by atoms with van der Waals surface area (Å²) in [6.45, 7) is 31.3. The highest BCUT2D eigenvalue weighted by atomic mass is 14.3. The molecule has 36 heavy (non-hydrogen) atoms. The highest BCUT2D eigenvalue weighted by Crippen LogP contribution is 2.41. The molecule has 0 heteroatoms. The summed E-state index contributed by atoms with van der Waals surface area (Å²) in [5, 5.41) is 0. The normalized spacial score (nSPS) is 15.8. The first kappa shape index (κ1) is 33.2. The molecule has 0 aliphatic heterocycles. The van der Waals surface area contributed by atoms with Gasteiger partial charge in [0.05, 0.1) is 0 Å². The van der Waals surface area contributed by atoms with Gasteiger partial charge in [-0.1, -0.05) is 93.9 Å². The van der Waals surface area contributed by atoms with Crippen LogP contribution in [0.25, 0.3) is 0 Å². The fourth-order valence-corrected chi connectivity index (χ4v) is 6.37. The predicted octanol–water partition coefficient (Wildman–Crippen LogP) is 12.2. The molecule has 1 aromatic rings. The molecule has 0 spiro atoms. The Morgan fingerprint density at radius 1 is 0.528 bits per heavy atom. The van der Waals surface area contributed by atoms with E-state index in [4.69, 9.17) is 0 Å². The number of hydrogen-bond donors (Lipinski definition) is 0. The molecule has 0 nitrogen and oxygen atoms in total. The average molecular weight is 499 g/mol. The molecule has 2 atom stereocenters. The molecule has 0 saturated heterocycles. The van der Waals surface area contributed by atoms with E-state index >= 15 is 0 Å². The molecule has 0 radical (unpaired) electrons. The van der Waals surface area contributed by atoms with Gasteiger partial charge in [-0.2, -0.15) is 0 Å². The first-order valence-corrected chi connectivity index (χ1v) is 15.7. The summed E-state index contributed by atoms with van der Waals surface area (Å²) in [6, 6.07) is 0. The van der Waals surface area contributed by atoms with E-state index < -0.39 is 0 Å². The summed E-state index contributed by atoms with van der Waals surface area (Å²) in [7, 11) is 0. The van der Waals surface area contributed by atoms with Crippen LogP contribution < -0.4 is 0 Å². The monoisotopic (exact) mass is 499 g/mol. The third-order valence-electron chi connectivity index (χ3n) is 10.7. The molecular weight excluding hydrogens is 432 g/mol. The van der Waals surface area contributed by atoms with Crippen LogP contribution in [-0.2, 0) is 6.42 Å². The van der Waals surface area contributed by atoms with Gasteiger partial charge in [-0.3, -0.25) is 0 Å². The summed E-state index contributed by atoms with van der Waals surface area (Å²) >= 11 is 0. The molecule has 0 aliphatic rings. The second-order valence-electron chi connectivity index (χ2n) is 14.6. The Kier molecular flexibility index (Phi) is 13.3. The lowest BCUT2D eigenvalue weighted by Crippen LogP contribution is -2.20. The number of benzene rings is 1. The van der Waals surface area contributed by atoms with E-state index in [0.29, 0.717) is 16.2 Å². The fraction of sp³-hybridized carbons (Fsp3) is 0.833. The van der Waals surface area contributed by atoms with Crippen molar-refractivity contribution >= 4 is 0 Å². The molecule has 0 N–H and O–H groups in total. The maximum atomic E-state index is 2.58. The second kappa shape index (κ2) is 14.4. The van der Waals surface area contributed by atoms with Crippen molar-refractivity contribution in [2.45, 2.75) is 173 Å². The van der Waals surface area contributed by atoms with E-state index in [2.05, 4.69) is 90.0 Å². The minimum absolute atomic E-state index is 0.414. The van der Waals surface area contributed by atoms with Crippen LogP contribution >= 0.6 is 0 Å². The van der Waals surface area contributed by atoms with Crippen molar-refractivity contribution in [3.8, 4) is 0 Å². The van der Waals surface area contributed by atoms with Gasteiger partial charge in [-0.15, -0.1) is 0 Å². The van der Waals surface area contributed by atoms with Crippen molar-refractivity contribution in [2.24, 2.45) is 22.2 Å². The lowest BCUT2D eigenvalue weighted by Gasteiger charge is -2.34. The van der Waals surface area contributed by atoms with Crippen molar-refractivity contribution in [3.05, 3.63) is 33.4 Å². The van der Waals surface area contributed by atoms with Gasteiger partial charge in [-0.05, 0) is 135 Å². The van der Waals surface area contributed by atoms with Gasteiger partial charge < -0.3 is 0 Å². The van der Waals surface area contributed by atoms with Gasteiger partial charge in [0.25, 0.3) is 0 Å². The Labute approximate surface area is 228 Å². The minimum Gasteiger partial charge on any atom is -0.0649 e. The zero-order valence-corrected chi connectivity index (χ0v) is 27.3. The highest BCUT2D eigenvalue weighted by molar-refractivity contribution is 5.49. The fourth-order valence-electron chi connectivity index (χ4n) is 6.37. The highest BCUT2D eigenvalue weighted by Gasteiger charge is 2.27. The van der Waals surface area contributed by atoms with Crippen LogP contribution in [0.3, 0.4) is 0 Å². The molecule has 0 aromatic heterocycles. The van der Waals surface area contributed by atoms with Crippen LogP contribution in [0.15, 0.2) is 0 Å². The summed E-state index contributed by atoms with van der Waals surface area (Å²) < 4.78 is 0. The first-order chi connectivity index (χ1) is 16.6. The van der Waals surface area contributed by atoms with Crippen molar-refractivity contribution in [1.29, 1.82) is 0 Å². The standard InChI is InChI=1S/C36H66/c1-14-35(12,22-16-19-27(3)4)24-18-25-36(13,15-2)23-17-21-34(10,11)26-20-33-31(8)29(6)28(5)30(7)32(33)9/h27H,14-26H2,1-13H3. The minimum atomic E-state index is 0.414. The van der Waals surface area contributed by atoms with Gasteiger partial charge in [0, 0.05) is 0 Å². The van der Waals surface area contributed by atoms with Crippen molar-refractivity contribution < 1.29 is 0 Å². The van der Waals surface area contributed by atoms with Gasteiger partial charge in [0.15, 0.2) is 0 Å². The van der Waals surface area contributed by atoms with Crippen LogP contribution in [0.5, 0.6) is 0 Å². The molecule has 1 aromatic carbocycles. The van der Waals surface area contributed by atoms with Crippen molar-refractivity contribution in [1.82, 2.24) is 0 Å². The molecule has 0 amide bonds. The van der Waals surface area contributed by atoms with Gasteiger partial charge in [-0.25, -0.2) is 0 Å². The second-order valence-corrected chi connectivity index (χ2v) is 14.6. The maximum Gasteiger partial charge on any atom is -0.0268 e. The van der Waals surface area contributed by atoms with E-state index in [0.717, 1.165) is 5.92 Å². The van der Waals surface area contributed by atoms with E-state index in [9.17, 15) is 0 Å². The Hall–Kier alpha value is -0.780. The molecule has 1 rings (SSSR count). The third-order valence-corrected chi connectivity index (χ3v) is 10.7. The molecule has 0 bridgehead atoms. The number of rotatable bonds is 17. The molecule has 2 unspecified atom stereocenters. The van der Waals surface area contributed by atoms with Crippen LogP contribution in [0.1, 0.15) is 166 Å². The third kappa shape index (κ3) is 10.2. The van der Waals surface area contributed by atoms with Crippen LogP contribution in [0.4, 0.5) is 0 Å². The smallest absolute Gasteiger partial charge is 0.0268 e. The molecular formula is C36H66. The first-order valence-electron chi connectivity index (χ1n) is 15.7. The van der Waals surface area contributed by atoms with Gasteiger partial charge in [0.2, 0.25) is 0 Å². The zero-order chi connectivity index (χ0) is 27.7. The Morgan fingerprint density at radius 2 is 0.917 bits per heavy atom. The van der Waals surface area contributed by atoms with Crippen molar-refractivity contribution in [3.63, 3.8) is 0 Å². The average Bonchev–Trinajstić information content (AvgIpc) is 2.81. The summed E-state index contributed by atoms with van der Waals surface area (Å²) in [5.41, 5.74) is 10.7. The molecule has 210 valence electrons. The molecule has 0 heterocycles. The molecule has 0 saturated carbocycles. The van der Waals surface area contributed by atoms with Crippen LogP contribution in [0, 0.1) is 56.8 Å². The SMILES string of the molecule is CCC(C)(CCCC(C)C)CCCC(C)(CC)CCCC(C)(C)CCc1c(C)c(C)c(C)c(C)c1C. The Morgan fingerprint density at radius 3 is 1.33 bits per heavy atom.